The molecule has 170 valence electrons. The van der Waals surface area contributed by atoms with E-state index in [2.05, 4.69) is 54.1 Å². The van der Waals surface area contributed by atoms with Gasteiger partial charge in [0.2, 0.25) is 0 Å². The number of hydrogen-bond acceptors (Lipinski definition) is 3. The molecule has 0 fully saturated rings. The maximum atomic E-state index is 12.1. The van der Waals surface area contributed by atoms with Crippen molar-refractivity contribution in [2.24, 2.45) is 4.99 Å². The summed E-state index contributed by atoms with van der Waals surface area (Å²) in [6.07, 6.45) is 3.53. The van der Waals surface area contributed by atoms with Gasteiger partial charge in [-0.1, -0.05) is 42.5 Å². The number of nitrogens with zero attached hydrogens (tertiary/aromatic N) is 1. The fourth-order valence-electron chi connectivity index (χ4n) is 3.12. The molecule has 0 spiro atoms. The minimum Gasteiger partial charge on any atom is -0.459 e. The molecule has 0 radical (unpaired) electrons. The van der Waals surface area contributed by atoms with E-state index in [1.807, 2.05) is 30.3 Å². The first-order valence-corrected chi connectivity index (χ1v) is 10.7. The summed E-state index contributed by atoms with van der Waals surface area (Å²) in [4.78, 5) is 16.8. The van der Waals surface area contributed by atoms with Crippen LogP contribution >= 0.6 is 24.0 Å². The highest BCUT2D eigenvalue weighted by Gasteiger charge is 2.09. The highest BCUT2D eigenvalue weighted by molar-refractivity contribution is 14.0. The monoisotopic (exact) mass is 546 g/mol. The first-order chi connectivity index (χ1) is 15.1. The molecule has 0 aliphatic heterocycles. The van der Waals surface area contributed by atoms with E-state index in [1.54, 1.807) is 12.1 Å². The number of benzene rings is 2. The Labute approximate surface area is 206 Å². The average molecular weight is 546 g/mol. The van der Waals surface area contributed by atoms with Gasteiger partial charge in [0.1, 0.15) is 0 Å². The van der Waals surface area contributed by atoms with E-state index in [4.69, 9.17) is 9.41 Å². The van der Waals surface area contributed by atoms with Crippen LogP contribution in [0.25, 0.3) is 0 Å². The predicted molar refractivity (Wildman–Crippen MR) is 141 cm³/mol. The summed E-state index contributed by atoms with van der Waals surface area (Å²) in [6.45, 7) is 5.58. The zero-order valence-corrected chi connectivity index (χ0v) is 20.8. The van der Waals surface area contributed by atoms with Crippen LogP contribution in [0.1, 0.15) is 41.9 Å². The van der Waals surface area contributed by atoms with Crippen LogP contribution in [0.15, 0.2) is 82.4 Å². The van der Waals surface area contributed by atoms with E-state index in [-0.39, 0.29) is 35.6 Å². The van der Waals surface area contributed by atoms with Crippen LogP contribution in [-0.4, -0.2) is 24.5 Å². The maximum Gasteiger partial charge on any atom is 0.291 e. The summed E-state index contributed by atoms with van der Waals surface area (Å²) < 4.78 is 5.11. The molecule has 2 aromatic carbocycles. The topological polar surface area (TPSA) is 78.7 Å². The Kier molecular flexibility index (Phi) is 10.8. The summed E-state index contributed by atoms with van der Waals surface area (Å²) in [5, 5.41) is 9.61. The fraction of sp³-hybridized carbons (Fsp3) is 0.280. The Balaban J connectivity index is 0.00000363. The molecular formula is C25H31IN4O2. The van der Waals surface area contributed by atoms with Crippen LogP contribution in [0.3, 0.4) is 0 Å². The van der Waals surface area contributed by atoms with Crippen molar-refractivity contribution in [3.05, 3.63) is 89.9 Å². The molecule has 0 bridgehead atoms. The first kappa shape index (κ1) is 25.5. The molecule has 1 heterocycles. The minimum atomic E-state index is -0.265. The molecule has 0 saturated heterocycles. The summed E-state index contributed by atoms with van der Waals surface area (Å²) >= 11 is 0. The van der Waals surface area contributed by atoms with Crippen molar-refractivity contribution >= 4 is 41.5 Å². The van der Waals surface area contributed by atoms with Crippen molar-refractivity contribution in [3.8, 4) is 0 Å². The molecule has 7 heteroatoms. The van der Waals surface area contributed by atoms with E-state index in [0.29, 0.717) is 18.3 Å². The van der Waals surface area contributed by atoms with Gasteiger partial charge in [0.15, 0.2) is 11.7 Å². The largest absolute Gasteiger partial charge is 0.459 e. The van der Waals surface area contributed by atoms with Gasteiger partial charge in [-0.25, -0.2) is 4.99 Å². The quantitative estimate of drug-likeness (QED) is 0.195. The number of guanidine groups is 1. The number of furan rings is 1. The highest BCUT2D eigenvalue weighted by atomic mass is 127. The number of hydrogen-bond donors (Lipinski definition) is 3. The Hall–Kier alpha value is -2.81. The fourth-order valence-corrected chi connectivity index (χ4v) is 3.12. The molecule has 1 unspecified atom stereocenters. The average Bonchev–Trinajstić information content (AvgIpc) is 3.33. The lowest BCUT2D eigenvalue weighted by molar-refractivity contribution is 0.0996. The summed E-state index contributed by atoms with van der Waals surface area (Å²) in [6, 6.07) is 21.8. The van der Waals surface area contributed by atoms with Gasteiger partial charge in [-0.2, -0.15) is 0 Å². The van der Waals surface area contributed by atoms with Gasteiger partial charge >= 0.3 is 0 Å². The number of carbonyl (C=O) groups excluding carboxylic acids is 1. The lowest BCUT2D eigenvalue weighted by Crippen LogP contribution is -2.42. The molecule has 1 aromatic heterocycles. The second-order valence-electron chi connectivity index (χ2n) is 7.39. The van der Waals surface area contributed by atoms with Crippen molar-refractivity contribution in [2.45, 2.75) is 39.3 Å². The minimum absolute atomic E-state index is 0. The third kappa shape index (κ3) is 8.37. The van der Waals surface area contributed by atoms with Crippen LogP contribution in [-0.2, 0) is 13.0 Å². The van der Waals surface area contributed by atoms with Gasteiger partial charge in [-0.05, 0) is 62.1 Å². The van der Waals surface area contributed by atoms with E-state index in [9.17, 15) is 4.79 Å². The van der Waals surface area contributed by atoms with Crippen LogP contribution in [0.2, 0.25) is 0 Å². The molecule has 3 rings (SSSR count). The molecule has 0 aliphatic rings. The number of nitrogens with one attached hydrogen (secondary N) is 3. The number of rotatable bonds is 9. The number of anilines is 1. The normalized spacial score (nSPS) is 11.9. The van der Waals surface area contributed by atoms with Crippen LogP contribution in [0.4, 0.5) is 5.69 Å². The second kappa shape index (κ2) is 13.6. The van der Waals surface area contributed by atoms with Crippen LogP contribution in [0.5, 0.6) is 0 Å². The van der Waals surface area contributed by atoms with Crippen molar-refractivity contribution < 1.29 is 9.21 Å². The SMILES string of the molecule is CCNC(=NCc1ccc(NC(=O)c2ccco2)cc1)NC(C)CCc1ccccc1.I. The molecule has 3 aromatic rings. The summed E-state index contributed by atoms with van der Waals surface area (Å²) in [7, 11) is 0. The molecule has 0 saturated carbocycles. The molecule has 32 heavy (non-hydrogen) atoms. The van der Waals surface area contributed by atoms with Crippen molar-refractivity contribution in [1.29, 1.82) is 0 Å². The van der Waals surface area contributed by atoms with E-state index < -0.39 is 0 Å². The van der Waals surface area contributed by atoms with Gasteiger partial charge in [-0.15, -0.1) is 24.0 Å². The third-order valence-corrected chi connectivity index (χ3v) is 4.81. The van der Waals surface area contributed by atoms with Crippen molar-refractivity contribution in [3.63, 3.8) is 0 Å². The molecule has 3 N–H and O–H groups in total. The Morgan fingerprint density at radius 2 is 1.75 bits per heavy atom. The molecule has 1 atom stereocenters. The number of aliphatic imine (C=N–C) groups is 1. The Bertz CT molecular complexity index is 957. The van der Waals surface area contributed by atoms with E-state index in [0.717, 1.165) is 30.9 Å². The van der Waals surface area contributed by atoms with Gasteiger partial charge < -0.3 is 20.4 Å². The molecule has 6 nitrogen and oxygen atoms in total. The van der Waals surface area contributed by atoms with Gasteiger partial charge in [0, 0.05) is 18.3 Å². The van der Waals surface area contributed by atoms with Gasteiger partial charge in [0.25, 0.3) is 5.91 Å². The van der Waals surface area contributed by atoms with Crippen molar-refractivity contribution in [2.75, 3.05) is 11.9 Å². The molecular weight excluding hydrogens is 515 g/mol. The van der Waals surface area contributed by atoms with Crippen LogP contribution < -0.4 is 16.0 Å². The third-order valence-electron chi connectivity index (χ3n) is 4.81. The van der Waals surface area contributed by atoms with Crippen molar-refractivity contribution in [1.82, 2.24) is 10.6 Å². The van der Waals surface area contributed by atoms with E-state index >= 15 is 0 Å². The lowest BCUT2D eigenvalue weighted by atomic mass is 10.1. The smallest absolute Gasteiger partial charge is 0.291 e. The summed E-state index contributed by atoms with van der Waals surface area (Å²) in [5.41, 5.74) is 3.12. The Morgan fingerprint density at radius 1 is 1.00 bits per heavy atom. The summed E-state index contributed by atoms with van der Waals surface area (Å²) in [5.74, 6) is 0.827. The highest BCUT2D eigenvalue weighted by Crippen LogP contribution is 2.12. The zero-order valence-electron chi connectivity index (χ0n) is 18.5. The number of aryl methyl sites for hydroxylation is 1. The number of amides is 1. The Morgan fingerprint density at radius 3 is 2.41 bits per heavy atom. The zero-order chi connectivity index (χ0) is 21.9. The molecule has 1 amide bonds. The molecule has 0 aliphatic carbocycles. The van der Waals surface area contributed by atoms with Gasteiger partial charge in [-0.3, -0.25) is 4.79 Å². The predicted octanol–water partition coefficient (Wildman–Crippen LogP) is 5.23. The van der Waals surface area contributed by atoms with Crippen LogP contribution in [0, 0.1) is 0 Å². The lowest BCUT2D eigenvalue weighted by Gasteiger charge is -2.18. The van der Waals surface area contributed by atoms with E-state index in [1.165, 1.54) is 11.8 Å². The number of halogens is 1. The first-order valence-electron chi connectivity index (χ1n) is 10.7. The maximum absolute atomic E-state index is 12.1. The van der Waals surface area contributed by atoms with Gasteiger partial charge in [0.05, 0.1) is 12.8 Å². The second-order valence-corrected chi connectivity index (χ2v) is 7.39. The number of carbonyl (C=O) groups is 1. The standard InChI is InChI=1S/C25H30N4O2.HI/c1-3-26-25(28-19(2)11-12-20-8-5-4-6-9-20)27-18-21-13-15-22(16-14-21)29-24(30)23-10-7-17-31-23;/h4-10,13-17,19H,3,11-12,18H2,1-2H3,(H,29,30)(H2,26,27,28);1H.